The first-order valence-electron chi connectivity index (χ1n) is 5.94. The number of halogens is 1. The minimum absolute atomic E-state index is 0.252. The molecule has 0 spiro atoms. The quantitative estimate of drug-likeness (QED) is 0.808. The van der Waals surface area contributed by atoms with E-state index in [1.807, 2.05) is 0 Å². The molecule has 2 heteroatoms. The molecule has 1 atom stereocenters. The molecule has 0 bridgehead atoms. The first kappa shape index (κ1) is 14.0. The molecule has 0 aliphatic heterocycles. The summed E-state index contributed by atoms with van der Waals surface area (Å²) in [6, 6.07) is 9.27. The average molecular weight is 331 g/mol. The van der Waals surface area contributed by atoms with Gasteiger partial charge in [-0.3, -0.25) is 0 Å². The highest BCUT2D eigenvalue weighted by molar-refractivity contribution is 14.1. The van der Waals surface area contributed by atoms with Crippen LogP contribution in [0.5, 0.6) is 0 Å². The van der Waals surface area contributed by atoms with Gasteiger partial charge in [0.1, 0.15) is 0 Å². The van der Waals surface area contributed by atoms with Crippen molar-refractivity contribution in [1.82, 2.24) is 5.32 Å². The smallest absolute Gasteiger partial charge is 0.0369 e. The molecule has 90 valence electrons. The Morgan fingerprint density at radius 1 is 1.19 bits per heavy atom. The van der Waals surface area contributed by atoms with E-state index in [4.69, 9.17) is 0 Å². The van der Waals surface area contributed by atoms with Crippen molar-refractivity contribution in [1.29, 1.82) is 0 Å². The second-order valence-corrected chi connectivity index (χ2v) is 6.55. The van der Waals surface area contributed by atoms with Crippen LogP contribution in [0.2, 0.25) is 0 Å². The normalized spacial score (nSPS) is 13.8. The van der Waals surface area contributed by atoms with Crippen LogP contribution in [0.25, 0.3) is 0 Å². The molecule has 0 saturated carbocycles. The molecule has 0 amide bonds. The maximum absolute atomic E-state index is 3.64. The van der Waals surface area contributed by atoms with Crippen molar-refractivity contribution >= 4 is 22.6 Å². The molecular weight excluding hydrogens is 309 g/mol. The Bertz CT molecular complexity index is 311. The Hall–Kier alpha value is -0.0900. The molecular formula is C14H22IN. The van der Waals surface area contributed by atoms with Crippen LogP contribution >= 0.6 is 22.6 Å². The number of hydrogen-bond donors (Lipinski definition) is 1. The maximum atomic E-state index is 3.64. The first-order chi connectivity index (χ1) is 7.45. The van der Waals surface area contributed by atoms with Gasteiger partial charge in [-0.1, -0.05) is 39.8 Å². The predicted molar refractivity (Wildman–Crippen MR) is 79.6 cm³/mol. The monoisotopic (exact) mass is 331 g/mol. The number of rotatable bonds is 4. The Balaban J connectivity index is 2.88. The van der Waals surface area contributed by atoms with Crippen molar-refractivity contribution in [2.24, 2.45) is 5.41 Å². The van der Waals surface area contributed by atoms with Gasteiger partial charge in [0.05, 0.1) is 0 Å². The van der Waals surface area contributed by atoms with Crippen LogP contribution in [-0.2, 0) is 0 Å². The summed E-state index contributed by atoms with van der Waals surface area (Å²) in [6.45, 7) is 10.2. The highest BCUT2D eigenvalue weighted by Crippen LogP contribution is 2.32. The SMILES string of the molecule is CCCNC(c1ccc(I)cc1)C(C)(C)C. The predicted octanol–water partition coefficient (Wildman–Crippen LogP) is 4.38. The Kier molecular flexibility index (Phi) is 5.25. The molecule has 1 rings (SSSR count). The fraction of sp³-hybridized carbons (Fsp3) is 0.571. The number of hydrogen-bond acceptors (Lipinski definition) is 1. The van der Waals surface area contributed by atoms with Gasteiger partial charge in [0.25, 0.3) is 0 Å². The Morgan fingerprint density at radius 2 is 1.75 bits per heavy atom. The van der Waals surface area contributed by atoms with Gasteiger partial charge in [-0.05, 0) is 58.7 Å². The summed E-state index contributed by atoms with van der Waals surface area (Å²) < 4.78 is 1.30. The summed E-state index contributed by atoms with van der Waals surface area (Å²) in [4.78, 5) is 0. The molecule has 0 aliphatic carbocycles. The van der Waals surface area contributed by atoms with E-state index < -0.39 is 0 Å². The lowest BCUT2D eigenvalue weighted by molar-refractivity contribution is 0.273. The summed E-state index contributed by atoms with van der Waals surface area (Å²) in [5.74, 6) is 0. The molecule has 0 heterocycles. The van der Waals surface area contributed by atoms with E-state index in [9.17, 15) is 0 Å². The van der Waals surface area contributed by atoms with Crippen molar-refractivity contribution < 1.29 is 0 Å². The molecule has 0 radical (unpaired) electrons. The maximum Gasteiger partial charge on any atom is 0.0369 e. The third-order valence-electron chi connectivity index (χ3n) is 2.67. The van der Waals surface area contributed by atoms with Crippen LogP contribution in [-0.4, -0.2) is 6.54 Å². The van der Waals surface area contributed by atoms with Gasteiger partial charge < -0.3 is 5.32 Å². The lowest BCUT2D eigenvalue weighted by Gasteiger charge is -2.32. The van der Waals surface area contributed by atoms with E-state index in [-0.39, 0.29) is 5.41 Å². The van der Waals surface area contributed by atoms with Crippen LogP contribution in [0.4, 0.5) is 0 Å². The highest BCUT2D eigenvalue weighted by atomic mass is 127. The molecule has 1 unspecified atom stereocenters. The highest BCUT2D eigenvalue weighted by Gasteiger charge is 2.25. The summed E-state index contributed by atoms with van der Waals surface area (Å²) in [7, 11) is 0. The van der Waals surface area contributed by atoms with Gasteiger partial charge in [-0.25, -0.2) is 0 Å². The molecule has 16 heavy (non-hydrogen) atoms. The molecule has 0 saturated heterocycles. The number of nitrogens with one attached hydrogen (secondary N) is 1. The van der Waals surface area contributed by atoms with E-state index in [1.165, 1.54) is 15.6 Å². The molecule has 1 aromatic rings. The second-order valence-electron chi connectivity index (χ2n) is 5.30. The molecule has 0 aromatic heterocycles. The average Bonchev–Trinajstić information content (AvgIpc) is 2.19. The van der Waals surface area contributed by atoms with E-state index in [0.29, 0.717) is 6.04 Å². The van der Waals surface area contributed by atoms with Gasteiger partial charge >= 0.3 is 0 Å². The second kappa shape index (κ2) is 6.01. The van der Waals surface area contributed by atoms with Crippen molar-refractivity contribution in [2.75, 3.05) is 6.54 Å². The summed E-state index contributed by atoms with van der Waals surface area (Å²) in [5, 5.41) is 3.64. The van der Waals surface area contributed by atoms with E-state index >= 15 is 0 Å². The van der Waals surface area contributed by atoms with Gasteiger partial charge in [0.15, 0.2) is 0 Å². The van der Waals surface area contributed by atoms with Crippen LogP contribution in [0.3, 0.4) is 0 Å². The van der Waals surface area contributed by atoms with Crippen molar-refractivity contribution in [3.05, 3.63) is 33.4 Å². The molecule has 1 nitrogen and oxygen atoms in total. The Morgan fingerprint density at radius 3 is 2.19 bits per heavy atom. The van der Waals surface area contributed by atoms with Gasteiger partial charge in [0.2, 0.25) is 0 Å². The molecule has 1 N–H and O–H groups in total. The largest absolute Gasteiger partial charge is 0.309 e. The van der Waals surface area contributed by atoms with Crippen molar-refractivity contribution in [3.63, 3.8) is 0 Å². The third-order valence-corrected chi connectivity index (χ3v) is 3.39. The minimum Gasteiger partial charge on any atom is -0.309 e. The van der Waals surface area contributed by atoms with E-state index in [1.54, 1.807) is 0 Å². The minimum atomic E-state index is 0.252. The van der Waals surface area contributed by atoms with Crippen LogP contribution in [0, 0.1) is 8.99 Å². The summed E-state index contributed by atoms with van der Waals surface area (Å²) >= 11 is 2.35. The van der Waals surface area contributed by atoms with E-state index in [2.05, 4.69) is 79.9 Å². The third kappa shape index (κ3) is 4.06. The zero-order chi connectivity index (χ0) is 12.2. The zero-order valence-electron chi connectivity index (χ0n) is 10.7. The zero-order valence-corrected chi connectivity index (χ0v) is 12.8. The number of benzene rings is 1. The lowest BCUT2D eigenvalue weighted by Crippen LogP contribution is -2.32. The van der Waals surface area contributed by atoms with Crippen LogP contribution in [0.1, 0.15) is 45.7 Å². The van der Waals surface area contributed by atoms with Crippen LogP contribution < -0.4 is 5.32 Å². The van der Waals surface area contributed by atoms with Crippen molar-refractivity contribution in [3.8, 4) is 0 Å². The Labute approximate surface area is 113 Å². The summed E-state index contributed by atoms with van der Waals surface area (Å²) in [5.41, 5.74) is 1.64. The summed E-state index contributed by atoms with van der Waals surface area (Å²) in [6.07, 6.45) is 1.18. The fourth-order valence-electron chi connectivity index (χ4n) is 1.87. The lowest BCUT2D eigenvalue weighted by atomic mass is 9.82. The fourth-order valence-corrected chi connectivity index (χ4v) is 2.23. The molecule has 1 aromatic carbocycles. The van der Waals surface area contributed by atoms with Gasteiger partial charge in [-0.15, -0.1) is 0 Å². The van der Waals surface area contributed by atoms with Crippen LogP contribution in [0.15, 0.2) is 24.3 Å². The first-order valence-corrected chi connectivity index (χ1v) is 7.02. The standard InChI is InChI=1S/C14H22IN/c1-5-10-16-13(14(2,3)4)11-6-8-12(15)9-7-11/h6-9,13,16H,5,10H2,1-4H3. The molecule has 0 aliphatic rings. The van der Waals surface area contributed by atoms with E-state index in [0.717, 1.165) is 6.54 Å². The topological polar surface area (TPSA) is 12.0 Å². The van der Waals surface area contributed by atoms with Crippen molar-refractivity contribution in [2.45, 2.75) is 40.2 Å². The van der Waals surface area contributed by atoms with Gasteiger partial charge in [-0.2, -0.15) is 0 Å². The molecule has 0 fully saturated rings. The van der Waals surface area contributed by atoms with Gasteiger partial charge in [0, 0.05) is 9.61 Å².